The van der Waals surface area contributed by atoms with Crippen molar-refractivity contribution in [3.8, 4) is 6.07 Å². The van der Waals surface area contributed by atoms with Gasteiger partial charge in [-0.1, -0.05) is 30.3 Å². The average Bonchev–Trinajstić information content (AvgIpc) is 2.34. The number of aliphatic hydroxyl groups is 1. The molecular formula is C14H18N2O. The number of aliphatic hydroxyl groups excluding tert-OH is 1. The Kier molecular flexibility index (Phi) is 3.46. The zero-order chi connectivity index (χ0) is 12.3. The van der Waals surface area contributed by atoms with Crippen molar-refractivity contribution in [3.63, 3.8) is 0 Å². The van der Waals surface area contributed by atoms with Gasteiger partial charge in [-0.05, 0) is 25.3 Å². The van der Waals surface area contributed by atoms with Crippen LogP contribution in [0.1, 0.15) is 25.3 Å². The smallest absolute Gasteiger partial charge is 0.0852 e. The Morgan fingerprint density at radius 2 is 2.12 bits per heavy atom. The molecule has 0 aliphatic heterocycles. The van der Waals surface area contributed by atoms with Crippen LogP contribution in [0.15, 0.2) is 30.3 Å². The second-order valence-corrected chi connectivity index (χ2v) is 4.92. The number of rotatable bonds is 4. The van der Waals surface area contributed by atoms with Crippen LogP contribution in [0.4, 0.5) is 0 Å². The van der Waals surface area contributed by atoms with Gasteiger partial charge in [-0.25, -0.2) is 0 Å². The van der Waals surface area contributed by atoms with E-state index in [9.17, 15) is 5.26 Å². The van der Waals surface area contributed by atoms with Crippen LogP contribution in [0.2, 0.25) is 0 Å². The van der Waals surface area contributed by atoms with Gasteiger partial charge in [0.25, 0.3) is 0 Å². The molecule has 0 unspecified atom stereocenters. The zero-order valence-electron chi connectivity index (χ0n) is 10.1. The van der Waals surface area contributed by atoms with E-state index in [1.165, 1.54) is 0 Å². The molecule has 1 aromatic carbocycles. The molecule has 90 valence electrons. The third kappa shape index (κ3) is 2.33. The Balaban J connectivity index is 2.01. The summed E-state index contributed by atoms with van der Waals surface area (Å²) in [4.78, 5) is 0. The first-order valence-corrected chi connectivity index (χ1v) is 6.04. The maximum Gasteiger partial charge on any atom is 0.0852 e. The zero-order valence-corrected chi connectivity index (χ0v) is 10.1. The number of benzene rings is 1. The average molecular weight is 230 g/mol. The Bertz CT molecular complexity index is 404. The second-order valence-electron chi connectivity index (χ2n) is 4.92. The third-order valence-corrected chi connectivity index (χ3v) is 3.52. The molecule has 1 aliphatic rings. The van der Waals surface area contributed by atoms with Gasteiger partial charge in [-0.15, -0.1) is 0 Å². The van der Waals surface area contributed by atoms with Crippen molar-refractivity contribution in [3.05, 3.63) is 35.9 Å². The molecule has 0 bridgehead atoms. The normalized spacial score (nSPS) is 29.1. The van der Waals surface area contributed by atoms with Crippen LogP contribution in [0.3, 0.4) is 0 Å². The summed E-state index contributed by atoms with van der Waals surface area (Å²) in [5, 5.41) is 21.7. The highest BCUT2D eigenvalue weighted by Crippen LogP contribution is 2.43. The van der Waals surface area contributed by atoms with Crippen LogP contribution < -0.4 is 5.32 Å². The predicted octanol–water partition coefficient (Wildman–Crippen LogP) is 1.58. The first-order chi connectivity index (χ1) is 8.20. The summed E-state index contributed by atoms with van der Waals surface area (Å²) in [7, 11) is 0. The van der Waals surface area contributed by atoms with Gasteiger partial charge in [-0.2, -0.15) is 5.26 Å². The summed E-state index contributed by atoms with van der Waals surface area (Å²) < 4.78 is 0. The fourth-order valence-corrected chi connectivity index (χ4v) is 2.50. The van der Waals surface area contributed by atoms with Crippen molar-refractivity contribution < 1.29 is 5.11 Å². The SMILES string of the molecule is C[C@H](CO)NC1CC(C#N)(c2ccccc2)C1. The quantitative estimate of drug-likeness (QED) is 0.825. The minimum atomic E-state index is -0.325. The molecule has 17 heavy (non-hydrogen) atoms. The number of nitrogens with one attached hydrogen (secondary N) is 1. The van der Waals surface area contributed by atoms with Gasteiger partial charge in [0, 0.05) is 12.1 Å². The van der Waals surface area contributed by atoms with Crippen LogP contribution in [0.5, 0.6) is 0 Å². The summed E-state index contributed by atoms with van der Waals surface area (Å²) in [6.45, 7) is 2.09. The molecule has 3 nitrogen and oxygen atoms in total. The molecule has 0 radical (unpaired) electrons. The molecule has 2 N–H and O–H groups in total. The van der Waals surface area contributed by atoms with E-state index in [4.69, 9.17) is 5.11 Å². The molecule has 3 heteroatoms. The molecule has 0 heterocycles. The highest BCUT2D eigenvalue weighted by atomic mass is 16.3. The van der Waals surface area contributed by atoms with Gasteiger partial charge in [0.1, 0.15) is 0 Å². The van der Waals surface area contributed by atoms with Gasteiger partial charge in [0.15, 0.2) is 0 Å². The molecule has 2 rings (SSSR count). The monoisotopic (exact) mass is 230 g/mol. The number of nitriles is 1. The lowest BCUT2D eigenvalue weighted by Crippen LogP contribution is -2.53. The van der Waals surface area contributed by atoms with Crippen molar-refractivity contribution in [1.29, 1.82) is 5.26 Å². The minimum Gasteiger partial charge on any atom is -0.395 e. The molecule has 0 spiro atoms. The molecule has 1 fully saturated rings. The standard InChI is InChI=1S/C14H18N2O/c1-11(9-17)16-13-7-14(8-13,10-15)12-5-3-2-4-6-12/h2-6,11,13,16-17H,7-9H2,1H3/t11-,13?,14?/m1/s1. The van der Waals surface area contributed by atoms with Crippen LogP contribution in [-0.4, -0.2) is 23.8 Å². The Hall–Kier alpha value is -1.37. The largest absolute Gasteiger partial charge is 0.395 e. The number of hydrogen-bond acceptors (Lipinski definition) is 3. The summed E-state index contributed by atoms with van der Waals surface area (Å²) in [6.07, 6.45) is 1.66. The van der Waals surface area contributed by atoms with Crippen LogP contribution in [0, 0.1) is 11.3 Å². The van der Waals surface area contributed by atoms with Crippen molar-refractivity contribution >= 4 is 0 Å². The van der Waals surface area contributed by atoms with E-state index < -0.39 is 0 Å². The molecule has 1 aliphatic carbocycles. The van der Waals surface area contributed by atoms with Gasteiger partial charge in [0.05, 0.1) is 18.1 Å². The van der Waals surface area contributed by atoms with Crippen molar-refractivity contribution in [2.24, 2.45) is 0 Å². The lowest BCUT2D eigenvalue weighted by molar-refractivity contribution is 0.177. The Morgan fingerprint density at radius 3 is 2.65 bits per heavy atom. The van der Waals surface area contributed by atoms with Crippen molar-refractivity contribution in [1.82, 2.24) is 5.32 Å². The summed E-state index contributed by atoms with van der Waals surface area (Å²) in [6, 6.07) is 12.9. The molecule has 0 aromatic heterocycles. The molecule has 0 amide bonds. The predicted molar refractivity (Wildman–Crippen MR) is 66.4 cm³/mol. The molecule has 1 atom stereocenters. The highest BCUT2D eigenvalue weighted by Gasteiger charge is 2.46. The minimum absolute atomic E-state index is 0.104. The summed E-state index contributed by atoms with van der Waals surface area (Å²) >= 11 is 0. The van der Waals surface area contributed by atoms with E-state index in [-0.39, 0.29) is 18.1 Å². The summed E-state index contributed by atoms with van der Waals surface area (Å²) in [5.41, 5.74) is 0.783. The lowest BCUT2D eigenvalue weighted by Gasteiger charge is -2.44. The van der Waals surface area contributed by atoms with E-state index in [0.717, 1.165) is 18.4 Å². The topological polar surface area (TPSA) is 56.0 Å². The number of hydrogen-bond donors (Lipinski definition) is 2. The van der Waals surface area contributed by atoms with Gasteiger partial charge >= 0.3 is 0 Å². The van der Waals surface area contributed by atoms with Gasteiger partial charge in [0.2, 0.25) is 0 Å². The van der Waals surface area contributed by atoms with E-state index in [2.05, 4.69) is 11.4 Å². The van der Waals surface area contributed by atoms with E-state index in [1.807, 2.05) is 37.3 Å². The van der Waals surface area contributed by atoms with Crippen LogP contribution in [0.25, 0.3) is 0 Å². The lowest BCUT2D eigenvalue weighted by atomic mass is 9.62. The highest BCUT2D eigenvalue weighted by molar-refractivity contribution is 5.36. The first kappa shape index (κ1) is 12.1. The molecular weight excluding hydrogens is 212 g/mol. The van der Waals surface area contributed by atoms with E-state index in [0.29, 0.717) is 6.04 Å². The van der Waals surface area contributed by atoms with Gasteiger partial charge in [-0.3, -0.25) is 0 Å². The molecule has 0 saturated heterocycles. The Labute approximate surface area is 102 Å². The van der Waals surface area contributed by atoms with E-state index in [1.54, 1.807) is 0 Å². The fraction of sp³-hybridized carbons (Fsp3) is 0.500. The van der Waals surface area contributed by atoms with Crippen LogP contribution >= 0.6 is 0 Å². The Morgan fingerprint density at radius 1 is 1.47 bits per heavy atom. The molecule has 1 aromatic rings. The third-order valence-electron chi connectivity index (χ3n) is 3.52. The fourth-order valence-electron chi connectivity index (χ4n) is 2.50. The van der Waals surface area contributed by atoms with Crippen molar-refractivity contribution in [2.75, 3.05) is 6.61 Å². The van der Waals surface area contributed by atoms with Gasteiger partial charge < -0.3 is 10.4 Å². The summed E-state index contributed by atoms with van der Waals surface area (Å²) in [5.74, 6) is 0. The molecule has 1 saturated carbocycles. The second kappa shape index (κ2) is 4.87. The van der Waals surface area contributed by atoms with Crippen LogP contribution in [-0.2, 0) is 5.41 Å². The van der Waals surface area contributed by atoms with Crippen molar-refractivity contribution in [2.45, 2.75) is 37.3 Å². The number of nitrogens with zero attached hydrogens (tertiary/aromatic N) is 1. The van der Waals surface area contributed by atoms with E-state index >= 15 is 0 Å². The first-order valence-electron chi connectivity index (χ1n) is 6.04. The maximum absolute atomic E-state index is 9.37. The maximum atomic E-state index is 9.37.